The van der Waals surface area contributed by atoms with Gasteiger partial charge in [-0.05, 0) is 39.5 Å². The lowest BCUT2D eigenvalue weighted by atomic mass is 9.78. The second-order valence-corrected chi connectivity index (χ2v) is 6.19. The molecule has 1 aliphatic rings. The molecule has 2 aromatic rings. The minimum Gasteiger partial charge on any atom is -0.491 e. The highest BCUT2D eigenvalue weighted by Crippen LogP contribution is 2.37. The molecule has 0 heterocycles. The Morgan fingerprint density at radius 3 is 2.74 bits per heavy atom. The molecule has 1 unspecified atom stereocenters. The average Bonchev–Trinajstić information content (AvgIpc) is 2.41. The number of hydrogen-bond donors (Lipinski definition) is 0. The number of alkyl halides is 1. The van der Waals surface area contributed by atoms with Crippen molar-refractivity contribution in [2.24, 2.45) is 0 Å². The highest BCUT2D eigenvalue weighted by atomic mass is 79.9. The minimum absolute atomic E-state index is 0.534. The number of para-hydroxylation sites is 1. The monoisotopic (exact) mass is 380 g/mol. The molecule has 0 radical (unpaired) electrons. The van der Waals surface area contributed by atoms with Gasteiger partial charge in [0.15, 0.2) is 0 Å². The van der Waals surface area contributed by atoms with Crippen LogP contribution in [0, 0.1) is 0 Å². The summed E-state index contributed by atoms with van der Waals surface area (Å²) in [4.78, 5) is 0. The first-order valence-corrected chi connectivity index (χ1v) is 8.25. The Morgan fingerprint density at radius 1 is 1.11 bits per heavy atom. The van der Waals surface area contributed by atoms with E-state index in [4.69, 9.17) is 4.74 Å². The number of ether oxygens (including phenoxy) is 1. The third-order valence-electron chi connectivity index (χ3n) is 3.58. The molecule has 0 bridgehead atoms. The topological polar surface area (TPSA) is 9.23 Å². The molecule has 0 N–H and O–H groups in total. The lowest BCUT2D eigenvalue weighted by Crippen LogP contribution is -2.23. The van der Waals surface area contributed by atoms with Crippen molar-refractivity contribution in [3.63, 3.8) is 0 Å². The molecule has 19 heavy (non-hydrogen) atoms. The summed E-state index contributed by atoms with van der Waals surface area (Å²) < 4.78 is 7.07. The standard InChI is InChI=1S/C16H14Br2O/c17-9-12-5-3-7-15(18)16(12)19-10-13-8-11-4-1-2-6-14(11)13/h1-7,13H,8-10H2. The molecular weight excluding hydrogens is 368 g/mol. The maximum absolute atomic E-state index is 6.04. The molecule has 1 atom stereocenters. The van der Waals surface area contributed by atoms with E-state index in [0.717, 1.165) is 28.6 Å². The van der Waals surface area contributed by atoms with Gasteiger partial charge in [-0.25, -0.2) is 0 Å². The molecule has 1 nitrogen and oxygen atoms in total. The fourth-order valence-corrected chi connectivity index (χ4v) is 3.48. The van der Waals surface area contributed by atoms with Crippen LogP contribution in [0.3, 0.4) is 0 Å². The molecule has 0 aliphatic heterocycles. The Hall–Kier alpha value is -0.800. The van der Waals surface area contributed by atoms with E-state index in [9.17, 15) is 0 Å². The number of halogens is 2. The Bertz CT molecular complexity index is 595. The first kappa shape index (κ1) is 13.2. The van der Waals surface area contributed by atoms with Gasteiger partial charge >= 0.3 is 0 Å². The summed E-state index contributed by atoms with van der Waals surface area (Å²) in [6.45, 7) is 0.750. The number of rotatable bonds is 4. The zero-order chi connectivity index (χ0) is 13.2. The van der Waals surface area contributed by atoms with Gasteiger partial charge in [-0.1, -0.05) is 52.3 Å². The predicted octanol–water partition coefficient (Wildman–Crippen LogP) is 5.06. The van der Waals surface area contributed by atoms with Crippen molar-refractivity contribution >= 4 is 31.9 Å². The quantitative estimate of drug-likeness (QED) is 0.672. The molecule has 98 valence electrons. The summed E-state index contributed by atoms with van der Waals surface area (Å²) in [5.41, 5.74) is 4.08. The van der Waals surface area contributed by atoms with Crippen molar-refractivity contribution in [3.05, 3.63) is 63.6 Å². The van der Waals surface area contributed by atoms with Crippen LogP contribution in [0.5, 0.6) is 5.75 Å². The highest BCUT2D eigenvalue weighted by molar-refractivity contribution is 9.10. The van der Waals surface area contributed by atoms with Crippen molar-refractivity contribution in [3.8, 4) is 5.75 Å². The van der Waals surface area contributed by atoms with Gasteiger partial charge in [-0.3, -0.25) is 0 Å². The molecule has 3 rings (SSSR count). The molecule has 0 amide bonds. The van der Waals surface area contributed by atoms with Crippen LogP contribution in [0.4, 0.5) is 0 Å². The van der Waals surface area contributed by atoms with E-state index in [1.54, 1.807) is 0 Å². The van der Waals surface area contributed by atoms with Crippen LogP contribution in [0.1, 0.15) is 22.6 Å². The van der Waals surface area contributed by atoms with Crippen LogP contribution in [0.2, 0.25) is 0 Å². The number of hydrogen-bond acceptors (Lipinski definition) is 1. The molecule has 1 aliphatic carbocycles. The van der Waals surface area contributed by atoms with E-state index >= 15 is 0 Å². The summed E-state index contributed by atoms with van der Waals surface area (Å²) in [5.74, 6) is 1.50. The van der Waals surface area contributed by atoms with Crippen molar-refractivity contribution in [2.45, 2.75) is 17.7 Å². The van der Waals surface area contributed by atoms with Crippen molar-refractivity contribution in [2.75, 3.05) is 6.61 Å². The lowest BCUT2D eigenvalue weighted by Gasteiger charge is -2.30. The van der Waals surface area contributed by atoms with Crippen molar-refractivity contribution in [1.29, 1.82) is 0 Å². The minimum atomic E-state index is 0.534. The molecular formula is C16H14Br2O. The lowest BCUT2D eigenvalue weighted by molar-refractivity contribution is 0.272. The maximum Gasteiger partial charge on any atom is 0.137 e. The Kier molecular flexibility index (Phi) is 3.94. The smallest absolute Gasteiger partial charge is 0.137 e. The molecule has 0 saturated heterocycles. The fourth-order valence-electron chi connectivity index (χ4n) is 2.52. The molecule has 0 spiro atoms. The van der Waals surface area contributed by atoms with Gasteiger partial charge in [0.05, 0.1) is 11.1 Å². The first-order chi connectivity index (χ1) is 9.29. The van der Waals surface area contributed by atoms with Gasteiger partial charge in [-0.15, -0.1) is 0 Å². The van der Waals surface area contributed by atoms with E-state index in [0.29, 0.717) is 5.92 Å². The molecule has 0 aromatic heterocycles. The van der Waals surface area contributed by atoms with E-state index in [-0.39, 0.29) is 0 Å². The van der Waals surface area contributed by atoms with Gasteiger partial charge < -0.3 is 4.74 Å². The van der Waals surface area contributed by atoms with Gasteiger partial charge in [-0.2, -0.15) is 0 Å². The Balaban J connectivity index is 1.72. The molecule has 0 fully saturated rings. The first-order valence-electron chi connectivity index (χ1n) is 6.33. The number of fused-ring (bicyclic) bond motifs is 1. The van der Waals surface area contributed by atoms with Crippen molar-refractivity contribution < 1.29 is 4.74 Å². The summed E-state index contributed by atoms with van der Waals surface area (Å²) in [7, 11) is 0. The summed E-state index contributed by atoms with van der Waals surface area (Å²) >= 11 is 7.07. The van der Waals surface area contributed by atoms with Gasteiger partial charge in [0.1, 0.15) is 5.75 Å². The van der Waals surface area contributed by atoms with Gasteiger partial charge in [0.25, 0.3) is 0 Å². The van der Waals surface area contributed by atoms with E-state index in [1.807, 2.05) is 12.1 Å². The second kappa shape index (κ2) is 5.68. The SMILES string of the molecule is BrCc1cccc(Br)c1OCC1Cc2ccccc21. The van der Waals surface area contributed by atoms with Crippen LogP contribution in [0.25, 0.3) is 0 Å². The Morgan fingerprint density at radius 2 is 1.95 bits per heavy atom. The Labute approximate surface area is 130 Å². The largest absolute Gasteiger partial charge is 0.491 e. The van der Waals surface area contributed by atoms with Crippen LogP contribution in [-0.2, 0) is 11.8 Å². The van der Waals surface area contributed by atoms with E-state index < -0.39 is 0 Å². The number of benzene rings is 2. The van der Waals surface area contributed by atoms with Crippen LogP contribution >= 0.6 is 31.9 Å². The fraction of sp³-hybridized carbons (Fsp3) is 0.250. The average molecular weight is 382 g/mol. The highest BCUT2D eigenvalue weighted by Gasteiger charge is 2.26. The molecule has 3 heteroatoms. The third-order valence-corrected chi connectivity index (χ3v) is 4.81. The van der Waals surface area contributed by atoms with Crippen LogP contribution in [0.15, 0.2) is 46.9 Å². The predicted molar refractivity (Wildman–Crippen MR) is 85.2 cm³/mol. The van der Waals surface area contributed by atoms with Crippen LogP contribution < -0.4 is 4.74 Å². The van der Waals surface area contributed by atoms with Crippen LogP contribution in [-0.4, -0.2) is 6.61 Å². The summed E-state index contributed by atoms with van der Waals surface area (Å²) in [5, 5.41) is 0.809. The van der Waals surface area contributed by atoms with Gasteiger partial charge in [0, 0.05) is 16.8 Å². The normalized spacial score (nSPS) is 16.6. The summed E-state index contributed by atoms with van der Waals surface area (Å²) in [6, 6.07) is 14.8. The zero-order valence-corrected chi connectivity index (χ0v) is 13.6. The molecule has 0 saturated carbocycles. The third kappa shape index (κ3) is 2.59. The molecule has 2 aromatic carbocycles. The van der Waals surface area contributed by atoms with E-state index in [2.05, 4.69) is 62.2 Å². The van der Waals surface area contributed by atoms with E-state index in [1.165, 1.54) is 16.7 Å². The van der Waals surface area contributed by atoms with Crippen molar-refractivity contribution in [1.82, 2.24) is 0 Å². The van der Waals surface area contributed by atoms with Gasteiger partial charge in [0.2, 0.25) is 0 Å². The summed E-state index contributed by atoms with van der Waals surface area (Å²) in [6.07, 6.45) is 1.13. The maximum atomic E-state index is 6.04. The zero-order valence-electron chi connectivity index (χ0n) is 10.4. The second-order valence-electron chi connectivity index (χ2n) is 4.77.